The number of hydrogen-bond donors (Lipinski definition) is 0. The summed E-state index contributed by atoms with van der Waals surface area (Å²) in [5.74, 6) is 2.57. The molecule has 0 N–H and O–H groups in total. The second-order valence-corrected chi connectivity index (χ2v) is 9.59. The maximum atomic E-state index is 12.4. The van der Waals surface area contributed by atoms with Crippen molar-refractivity contribution in [3.05, 3.63) is 11.8 Å². The first kappa shape index (κ1) is 14.5. The molecule has 126 valence electrons. The van der Waals surface area contributed by atoms with Gasteiger partial charge in [0.1, 0.15) is 0 Å². The molecule has 0 aromatic heterocycles. The average Bonchev–Trinajstić information content (AvgIpc) is 2.71. The molecule has 0 aromatic carbocycles. The van der Waals surface area contributed by atoms with Gasteiger partial charge in [-0.15, -0.1) is 0 Å². The van der Waals surface area contributed by atoms with E-state index < -0.39 is 0 Å². The molecule has 2 spiro atoms. The first-order valence-electron chi connectivity index (χ1n) is 9.57. The summed E-state index contributed by atoms with van der Waals surface area (Å²) >= 11 is 0. The van der Waals surface area contributed by atoms with E-state index in [0.29, 0.717) is 16.9 Å². The minimum atomic E-state index is 0.231. The number of hydrogen-bond acceptors (Lipinski definition) is 2. The van der Waals surface area contributed by atoms with Gasteiger partial charge in [0.05, 0.1) is 0 Å². The third-order valence-corrected chi connectivity index (χ3v) is 8.59. The Labute approximate surface area is 140 Å². The molecule has 5 rings (SSSR count). The smallest absolute Gasteiger partial charge is 0.223 e. The molecule has 23 heavy (non-hydrogen) atoms. The number of piperidine rings is 2. The highest BCUT2D eigenvalue weighted by Crippen LogP contribution is 2.79. The lowest BCUT2D eigenvalue weighted by Gasteiger charge is -2.62. The zero-order valence-corrected chi connectivity index (χ0v) is 15.1. The quantitative estimate of drug-likeness (QED) is 0.685. The largest absolute Gasteiger partial charge is 0.316 e. The van der Waals surface area contributed by atoms with Gasteiger partial charge in [-0.05, 0) is 62.3 Å². The lowest BCUT2D eigenvalue weighted by atomic mass is 9.49. The summed E-state index contributed by atoms with van der Waals surface area (Å²) in [5.41, 5.74) is 2.34. The summed E-state index contributed by atoms with van der Waals surface area (Å²) in [6, 6.07) is 0. The Morgan fingerprint density at radius 1 is 1.35 bits per heavy atom. The predicted molar refractivity (Wildman–Crippen MR) is 90.6 cm³/mol. The molecule has 0 aromatic rings. The Morgan fingerprint density at radius 3 is 2.87 bits per heavy atom. The Bertz CT molecular complexity index is 627. The molecule has 2 aliphatic heterocycles. The molecular formula is C20H30N2O. The van der Waals surface area contributed by atoms with Crippen LogP contribution in [-0.2, 0) is 4.79 Å². The van der Waals surface area contributed by atoms with Crippen molar-refractivity contribution >= 4 is 5.91 Å². The van der Waals surface area contributed by atoms with Crippen LogP contribution in [0.1, 0.15) is 52.9 Å². The summed E-state index contributed by atoms with van der Waals surface area (Å²) in [5, 5.41) is 0. The van der Waals surface area contributed by atoms with E-state index in [1.54, 1.807) is 6.92 Å². The number of allylic oxidation sites excluding steroid dienone is 1. The van der Waals surface area contributed by atoms with Crippen LogP contribution >= 0.6 is 0 Å². The third-order valence-electron chi connectivity index (χ3n) is 8.59. The van der Waals surface area contributed by atoms with Crippen molar-refractivity contribution in [2.45, 2.75) is 58.4 Å². The molecule has 0 unspecified atom stereocenters. The van der Waals surface area contributed by atoms with Crippen LogP contribution < -0.4 is 0 Å². The standard InChI is InChI=1S/C20H30N2O/c1-13-8-15-9-17-19(6-5-7-22(17)14(2)23)18(3)11-16(15)20(19,10-13)21(4)12-18/h9,13,15-16H,5-8,10-12H2,1-4H3/t13-,15+,16-,18-,19-,20-/m1/s1. The van der Waals surface area contributed by atoms with E-state index in [4.69, 9.17) is 0 Å². The van der Waals surface area contributed by atoms with Crippen LogP contribution in [-0.4, -0.2) is 41.4 Å². The van der Waals surface area contributed by atoms with Crippen LogP contribution in [0.3, 0.4) is 0 Å². The van der Waals surface area contributed by atoms with Crippen LogP contribution in [0.4, 0.5) is 0 Å². The fourth-order valence-electron chi connectivity index (χ4n) is 8.35. The van der Waals surface area contributed by atoms with Gasteiger partial charge in [0.25, 0.3) is 0 Å². The second-order valence-electron chi connectivity index (χ2n) is 9.59. The Hall–Kier alpha value is -0.830. The molecule has 2 saturated carbocycles. The van der Waals surface area contributed by atoms with Crippen molar-refractivity contribution in [2.24, 2.45) is 28.6 Å². The number of carbonyl (C=O) groups excluding carboxylic acids is 1. The van der Waals surface area contributed by atoms with Gasteiger partial charge in [0, 0.05) is 36.7 Å². The maximum Gasteiger partial charge on any atom is 0.223 e. The average molecular weight is 314 g/mol. The zero-order valence-electron chi connectivity index (χ0n) is 15.1. The van der Waals surface area contributed by atoms with Gasteiger partial charge in [-0.3, -0.25) is 9.69 Å². The molecule has 3 heteroatoms. The first-order chi connectivity index (χ1) is 10.9. The number of likely N-dealkylation sites (tertiary alicyclic amines) is 2. The zero-order chi connectivity index (χ0) is 16.2. The van der Waals surface area contributed by atoms with Gasteiger partial charge in [0.2, 0.25) is 5.91 Å². The van der Waals surface area contributed by atoms with Crippen LogP contribution in [0.15, 0.2) is 11.8 Å². The first-order valence-corrected chi connectivity index (χ1v) is 9.57. The minimum Gasteiger partial charge on any atom is -0.316 e. The van der Waals surface area contributed by atoms with Crippen molar-refractivity contribution in [1.29, 1.82) is 0 Å². The van der Waals surface area contributed by atoms with Gasteiger partial charge in [-0.2, -0.15) is 0 Å². The molecule has 5 aliphatic rings. The summed E-state index contributed by atoms with van der Waals surface area (Å²) in [6.07, 6.45) is 9.07. The summed E-state index contributed by atoms with van der Waals surface area (Å²) in [6.45, 7) is 8.92. The fraction of sp³-hybridized carbons (Fsp3) is 0.850. The molecular weight excluding hydrogens is 284 g/mol. The summed E-state index contributed by atoms with van der Waals surface area (Å²) < 4.78 is 0. The number of rotatable bonds is 0. The monoisotopic (exact) mass is 314 g/mol. The SMILES string of the molecule is CC(=O)N1CCC[C@]23C1=C[C@@H]1C[C@@H](C)C[C@@]24[C@@H]1C[C@]3(C)CN4C. The molecule has 4 fully saturated rings. The van der Waals surface area contributed by atoms with Gasteiger partial charge in [-0.25, -0.2) is 0 Å². The molecule has 5 bridgehead atoms. The molecule has 3 nitrogen and oxygen atoms in total. The normalized spacial score (nSPS) is 54.0. The Morgan fingerprint density at radius 2 is 2.13 bits per heavy atom. The topological polar surface area (TPSA) is 23.6 Å². The van der Waals surface area contributed by atoms with Crippen LogP contribution in [0.25, 0.3) is 0 Å². The van der Waals surface area contributed by atoms with Crippen molar-refractivity contribution in [3.8, 4) is 0 Å². The number of carbonyl (C=O) groups is 1. The van der Waals surface area contributed by atoms with Crippen LogP contribution in [0, 0.1) is 28.6 Å². The second kappa shape index (κ2) is 4.04. The van der Waals surface area contributed by atoms with Crippen molar-refractivity contribution in [2.75, 3.05) is 20.1 Å². The Kier molecular flexibility index (Phi) is 2.55. The van der Waals surface area contributed by atoms with E-state index in [9.17, 15) is 4.79 Å². The molecule has 2 heterocycles. The maximum absolute atomic E-state index is 12.4. The highest BCUT2D eigenvalue weighted by Gasteiger charge is 2.80. The van der Waals surface area contributed by atoms with Crippen molar-refractivity contribution in [3.63, 3.8) is 0 Å². The molecule has 3 aliphatic carbocycles. The van der Waals surface area contributed by atoms with E-state index in [1.807, 2.05) is 0 Å². The molecule has 1 amide bonds. The van der Waals surface area contributed by atoms with Gasteiger partial charge in [-0.1, -0.05) is 19.9 Å². The van der Waals surface area contributed by atoms with Gasteiger partial charge < -0.3 is 4.90 Å². The van der Waals surface area contributed by atoms with Crippen molar-refractivity contribution in [1.82, 2.24) is 9.80 Å². The molecule has 0 radical (unpaired) electrons. The van der Waals surface area contributed by atoms with E-state index in [-0.39, 0.29) is 11.3 Å². The van der Waals surface area contributed by atoms with Gasteiger partial charge >= 0.3 is 0 Å². The van der Waals surface area contributed by atoms with Crippen LogP contribution in [0.2, 0.25) is 0 Å². The van der Waals surface area contributed by atoms with E-state index in [0.717, 1.165) is 18.4 Å². The highest BCUT2D eigenvalue weighted by molar-refractivity contribution is 5.76. The molecule has 6 atom stereocenters. The lowest BCUT2D eigenvalue weighted by Crippen LogP contribution is -2.65. The summed E-state index contributed by atoms with van der Waals surface area (Å²) in [7, 11) is 2.38. The third kappa shape index (κ3) is 1.31. The number of amides is 1. The summed E-state index contributed by atoms with van der Waals surface area (Å²) in [4.78, 5) is 17.3. The van der Waals surface area contributed by atoms with E-state index in [2.05, 4.69) is 36.8 Å². The van der Waals surface area contributed by atoms with Crippen LogP contribution in [0.5, 0.6) is 0 Å². The van der Waals surface area contributed by atoms with E-state index >= 15 is 0 Å². The lowest BCUT2D eigenvalue weighted by molar-refractivity contribution is -0.132. The van der Waals surface area contributed by atoms with E-state index in [1.165, 1.54) is 44.3 Å². The number of nitrogens with zero attached hydrogens (tertiary/aromatic N) is 2. The van der Waals surface area contributed by atoms with Crippen molar-refractivity contribution < 1.29 is 4.79 Å². The highest BCUT2D eigenvalue weighted by atomic mass is 16.2. The minimum absolute atomic E-state index is 0.231. The predicted octanol–water partition coefficient (Wildman–Crippen LogP) is 3.27. The Balaban J connectivity index is 1.80. The fourth-order valence-corrected chi connectivity index (χ4v) is 8.35. The van der Waals surface area contributed by atoms with Gasteiger partial charge in [0.15, 0.2) is 0 Å². The molecule has 2 saturated heterocycles.